The fraction of sp³-hybridized carbons (Fsp3) is 0.462. The Hall–Kier alpha value is -1.36. The number of hydrogen-bond acceptors (Lipinski definition) is 4. The van der Waals surface area contributed by atoms with Crippen LogP contribution in [-0.2, 0) is 0 Å². The van der Waals surface area contributed by atoms with Crippen molar-refractivity contribution in [3.05, 3.63) is 23.8 Å². The summed E-state index contributed by atoms with van der Waals surface area (Å²) in [6.45, 7) is 0. The van der Waals surface area contributed by atoms with Gasteiger partial charge in [-0.1, -0.05) is 0 Å². The molecule has 1 aromatic rings. The van der Waals surface area contributed by atoms with Crippen LogP contribution in [0.1, 0.15) is 23.2 Å². The van der Waals surface area contributed by atoms with Crippen molar-refractivity contribution in [3.63, 3.8) is 0 Å². The Kier molecular flexibility index (Phi) is 4.36. The van der Waals surface area contributed by atoms with E-state index in [1.165, 1.54) is 18.9 Å². The van der Waals surface area contributed by atoms with Crippen LogP contribution in [0.2, 0.25) is 0 Å². The molecule has 0 aliphatic carbocycles. The minimum absolute atomic E-state index is 0.0110. The first-order chi connectivity index (χ1) is 8.70. The Morgan fingerprint density at radius 3 is 3.00 bits per heavy atom. The Morgan fingerprint density at radius 1 is 1.56 bits per heavy atom. The van der Waals surface area contributed by atoms with Gasteiger partial charge in [-0.25, -0.2) is 0 Å². The molecule has 98 valence electrons. The lowest BCUT2D eigenvalue weighted by atomic mass is 10.1. The molecule has 1 aromatic carbocycles. The highest BCUT2D eigenvalue weighted by atomic mass is 32.2. The van der Waals surface area contributed by atoms with Crippen molar-refractivity contribution >= 4 is 17.7 Å². The normalized spacial score (nSPS) is 19.3. The van der Waals surface area contributed by atoms with Crippen LogP contribution in [0.25, 0.3) is 0 Å². The summed E-state index contributed by atoms with van der Waals surface area (Å²) in [5, 5.41) is 12.6. The number of carbonyl (C=O) groups is 1. The lowest BCUT2D eigenvalue weighted by Gasteiger charge is -2.22. The van der Waals surface area contributed by atoms with Gasteiger partial charge in [0, 0.05) is 17.4 Å². The molecule has 2 N–H and O–H groups in total. The molecule has 0 aromatic heterocycles. The average molecular weight is 267 g/mol. The van der Waals surface area contributed by atoms with Gasteiger partial charge in [0.25, 0.3) is 5.91 Å². The number of phenols is 1. The highest BCUT2D eigenvalue weighted by Crippen LogP contribution is 2.26. The van der Waals surface area contributed by atoms with Crippen molar-refractivity contribution in [1.29, 1.82) is 0 Å². The topological polar surface area (TPSA) is 58.6 Å². The minimum atomic E-state index is -0.138. The molecule has 0 radical (unpaired) electrons. The fourth-order valence-corrected chi connectivity index (χ4v) is 3.03. The molecule has 1 amide bonds. The fourth-order valence-electron chi connectivity index (χ4n) is 1.95. The van der Waals surface area contributed by atoms with Crippen molar-refractivity contribution in [2.75, 3.05) is 18.6 Å². The highest BCUT2D eigenvalue weighted by molar-refractivity contribution is 7.99. The van der Waals surface area contributed by atoms with E-state index in [0.29, 0.717) is 11.3 Å². The monoisotopic (exact) mass is 267 g/mol. The van der Waals surface area contributed by atoms with Crippen LogP contribution in [-0.4, -0.2) is 35.7 Å². The number of amides is 1. The van der Waals surface area contributed by atoms with Gasteiger partial charge in [-0.2, -0.15) is 11.8 Å². The molecule has 2 rings (SSSR count). The van der Waals surface area contributed by atoms with Gasteiger partial charge in [0.15, 0.2) is 11.5 Å². The van der Waals surface area contributed by atoms with E-state index in [1.54, 1.807) is 12.1 Å². The molecule has 1 fully saturated rings. The largest absolute Gasteiger partial charge is 0.504 e. The molecule has 0 bridgehead atoms. The standard InChI is InChI=1S/C13H17NO3S/c1-17-12-5-4-9(7-11(12)15)13(16)14-10-3-2-6-18-8-10/h4-5,7,10,15H,2-3,6,8H2,1H3,(H,14,16). The van der Waals surface area contributed by atoms with Crippen LogP contribution in [0, 0.1) is 0 Å². The number of hydrogen-bond donors (Lipinski definition) is 2. The molecule has 4 nitrogen and oxygen atoms in total. The van der Waals surface area contributed by atoms with Crippen LogP contribution in [0.5, 0.6) is 11.5 Å². The second kappa shape index (κ2) is 6.00. The SMILES string of the molecule is COc1ccc(C(=O)NC2CCCSC2)cc1O. The maximum absolute atomic E-state index is 12.0. The van der Waals surface area contributed by atoms with E-state index < -0.39 is 0 Å². The Bertz CT molecular complexity index is 430. The molecule has 1 atom stereocenters. The van der Waals surface area contributed by atoms with Crippen LogP contribution in [0.3, 0.4) is 0 Å². The van der Waals surface area contributed by atoms with E-state index in [9.17, 15) is 9.90 Å². The number of phenolic OH excluding ortho intramolecular Hbond substituents is 1. The first-order valence-corrected chi connectivity index (χ1v) is 7.12. The average Bonchev–Trinajstić information content (AvgIpc) is 2.39. The van der Waals surface area contributed by atoms with Crippen LogP contribution in [0.15, 0.2) is 18.2 Å². The number of aromatic hydroxyl groups is 1. The molecule has 1 unspecified atom stereocenters. The summed E-state index contributed by atoms with van der Waals surface area (Å²) in [6.07, 6.45) is 2.17. The van der Waals surface area contributed by atoms with E-state index in [0.717, 1.165) is 18.6 Å². The summed E-state index contributed by atoms with van der Waals surface area (Å²) in [5.41, 5.74) is 0.462. The smallest absolute Gasteiger partial charge is 0.251 e. The van der Waals surface area contributed by atoms with Gasteiger partial charge in [0.05, 0.1) is 7.11 Å². The molecule has 1 aliphatic rings. The van der Waals surface area contributed by atoms with Gasteiger partial charge < -0.3 is 15.2 Å². The predicted octanol–water partition coefficient (Wildman–Crippen LogP) is 2.03. The third-order valence-corrected chi connectivity index (χ3v) is 4.15. The number of nitrogens with one attached hydrogen (secondary N) is 1. The van der Waals surface area contributed by atoms with Crippen LogP contribution in [0.4, 0.5) is 0 Å². The van der Waals surface area contributed by atoms with E-state index in [2.05, 4.69) is 5.32 Å². The molecule has 0 spiro atoms. The number of carbonyl (C=O) groups excluding carboxylic acids is 1. The first kappa shape index (κ1) is 13.1. The molecular formula is C13H17NO3S. The lowest BCUT2D eigenvalue weighted by molar-refractivity contribution is 0.0938. The maximum atomic E-state index is 12.0. The molecule has 1 heterocycles. The Morgan fingerprint density at radius 2 is 2.39 bits per heavy atom. The number of methoxy groups -OCH3 is 1. The summed E-state index contributed by atoms with van der Waals surface area (Å²) in [5.74, 6) is 2.37. The molecule has 1 aliphatic heterocycles. The van der Waals surface area contributed by atoms with Crippen molar-refractivity contribution in [1.82, 2.24) is 5.32 Å². The quantitative estimate of drug-likeness (QED) is 0.879. The predicted molar refractivity (Wildman–Crippen MR) is 72.5 cm³/mol. The second-order valence-corrected chi connectivity index (χ2v) is 5.42. The van der Waals surface area contributed by atoms with E-state index in [4.69, 9.17) is 4.74 Å². The van der Waals surface area contributed by atoms with Crippen molar-refractivity contribution in [3.8, 4) is 11.5 Å². The number of rotatable bonds is 3. The number of ether oxygens (including phenoxy) is 1. The van der Waals surface area contributed by atoms with E-state index in [1.807, 2.05) is 11.8 Å². The first-order valence-electron chi connectivity index (χ1n) is 5.96. The Labute approximate surface area is 111 Å². The van der Waals surface area contributed by atoms with Crippen molar-refractivity contribution in [2.24, 2.45) is 0 Å². The summed E-state index contributed by atoms with van der Waals surface area (Å²) in [6, 6.07) is 4.92. The summed E-state index contributed by atoms with van der Waals surface area (Å²) in [4.78, 5) is 12.0. The lowest BCUT2D eigenvalue weighted by Crippen LogP contribution is -2.38. The summed E-state index contributed by atoms with van der Waals surface area (Å²) >= 11 is 1.87. The zero-order valence-corrected chi connectivity index (χ0v) is 11.1. The third kappa shape index (κ3) is 3.10. The molecule has 0 saturated carbocycles. The molecular weight excluding hydrogens is 250 g/mol. The maximum Gasteiger partial charge on any atom is 0.251 e. The van der Waals surface area contributed by atoms with Gasteiger partial charge >= 0.3 is 0 Å². The molecule has 5 heteroatoms. The van der Waals surface area contributed by atoms with Crippen molar-refractivity contribution in [2.45, 2.75) is 18.9 Å². The van der Waals surface area contributed by atoms with Crippen LogP contribution >= 0.6 is 11.8 Å². The van der Waals surface area contributed by atoms with Crippen molar-refractivity contribution < 1.29 is 14.6 Å². The second-order valence-electron chi connectivity index (χ2n) is 4.27. The van der Waals surface area contributed by atoms with E-state index >= 15 is 0 Å². The number of thioether (sulfide) groups is 1. The van der Waals surface area contributed by atoms with Gasteiger partial charge in [-0.3, -0.25) is 4.79 Å². The molecule has 18 heavy (non-hydrogen) atoms. The van der Waals surface area contributed by atoms with Gasteiger partial charge in [-0.15, -0.1) is 0 Å². The summed E-state index contributed by atoms with van der Waals surface area (Å²) < 4.78 is 4.94. The van der Waals surface area contributed by atoms with Gasteiger partial charge in [0.1, 0.15) is 0 Å². The van der Waals surface area contributed by atoms with Gasteiger partial charge in [0.2, 0.25) is 0 Å². The highest BCUT2D eigenvalue weighted by Gasteiger charge is 2.17. The summed E-state index contributed by atoms with van der Waals surface area (Å²) in [7, 11) is 1.48. The Balaban J connectivity index is 2.01. The molecule has 1 saturated heterocycles. The minimum Gasteiger partial charge on any atom is -0.504 e. The zero-order valence-electron chi connectivity index (χ0n) is 10.3. The van der Waals surface area contributed by atoms with E-state index in [-0.39, 0.29) is 17.7 Å². The third-order valence-electron chi connectivity index (χ3n) is 2.94. The zero-order chi connectivity index (χ0) is 13.0. The van der Waals surface area contributed by atoms with Crippen LogP contribution < -0.4 is 10.1 Å². The van der Waals surface area contributed by atoms with Gasteiger partial charge in [-0.05, 0) is 36.8 Å². The number of benzene rings is 1.